The summed E-state index contributed by atoms with van der Waals surface area (Å²) in [6, 6.07) is 47.0. The lowest BCUT2D eigenvalue weighted by Gasteiger charge is -2.08. The van der Waals surface area contributed by atoms with Gasteiger partial charge in [-0.05, 0) is 42.0 Å². The minimum atomic E-state index is 0.613. The average molecular weight is 566 g/mol. The molecular weight excluding hydrogens is 542 g/mol. The van der Waals surface area contributed by atoms with Gasteiger partial charge in [-0.25, -0.2) is 15.0 Å². The lowest BCUT2D eigenvalue weighted by molar-refractivity contribution is 0.668. The number of nitrogens with zero attached hydrogens (tertiary/aromatic N) is 3. The number of para-hydroxylation sites is 2. The minimum Gasteiger partial charge on any atom is -0.456 e. The van der Waals surface area contributed by atoms with Crippen LogP contribution in [0, 0.1) is 0 Å². The van der Waals surface area contributed by atoms with Gasteiger partial charge in [0.05, 0.1) is 0 Å². The van der Waals surface area contributed by atoms with Gasteiger partial charge in [0.2, 0.25) is 0 Å². The maximum Gasteiger partial charge on any atom is 0.164 e. The Bertz CT molecular complexity index is 2440. The third-order valence-corrected chi connectivity index (χ3v) is 8.14. The van der Waals surface area contributed by atoms with Crippen LogP contribution in [0.5, 0.6) is 0 Å². The Kier molecular flexibility index (Phi) is 5.43. The van der Waals surface area contributed by atoms with Crippen LogP contribution in [0.2, 0.25) is 0 Å². The minimum absolute atomic E-state index is 0.613. The van der Waals surface area contributed by atoms with Crippen LogP contribution in [0.1, 0.15) is 0 Å². The Morgan fingerprint density at radius 3 is 1.59 bits per heavy atom. The molecule has 9 rings (SSSR count). The molecule has 3 heterocycles. The zero-order valence-corrected chi connectivity index (χ0v) is 23.4. The average Bonchev–Trinajstić information content (AvgIpc) is 3.66. The molecule has 5 heteroatoms. The number of hydrogen-bond acceptors (Lipinski definition) is 5. The number of hydrogen-bond donors (Lipinski definition) is 0. The van der Waals surface area contributed by atoms with Crippen molar-refractivity contribution in [2.45, 2.75) is 0 Å². The maximum absolute atomic E-state index is 6.52. The van der Waals surface area contributed by atoms with Gasteiger partial charge in [-0.2, -0.15) is 0 Å². The van der Waals surface area contributed by atoms with E-state index in [2.05, 4.69) is 42.5 Å². The van der Waals surface area contributed by atoms with Gasteiger partial charge >= 0.3 is 0 Å². The van der Waals surface area contributed by atoms with Crippen molar-refractivity contribution in [1.29, 1.82) is 0 Å². The van der Waals surface area contributed by atoms with Gasteiger partial charge in [0.25, 0.3) is 0 Å². The smallest absolute Gasteiger partial charge is 0.164 e. The van der Waals surface area contributed by atoms with E-state index in [-0.39, 0.29) is 0 Å². The first-order chi connectivity index (χ1) is 21.8. The molecule has 0 radical (unpaired) electrons. The first kappa shape index (κ1) is 24.5. The Labute approximate surface area is 252 Å². The van der Waals surface area contributed by atoms with Crippen LogP contribution < -0.4 is 0 Å². The van der Waals surface area contributed by atoms with Crippen LogP contribution in [0.3, 0.4) is 0 Å². The highest BCUT2D eigenvalue weighted by Gasteiger charge is 2.17. The highest BCUT2D eigenvalue weighted by molar-refractivity contribution is 6.12. The van der Waals surface area contributed by atoms with Crippen molar-refractivity contribution in [2.24, 2.45) is 0 Å². The summed E-state index contributed by atoms with van der Waals surface area (Å²) in [4.78, 5) is 14.7. The fraction of sp³-hybridized carbons (Fsp3) is 0. The molecule has 0 fully saturated rings. The van der Waals surface area contributed by atoms with E-state index >= 15 is 0 Å². The van der Waals surface area contributed by atoms with Crippen LogP contribution in [0.15, 0.2) is 148 Å². The lowest BCUT2D eigenvalue weighted by Crippen LogP contribution is -2.00. The van der Waals surface area contributed by atoms with Crippen LogP contribution in [0.25, 0.3) is 89.2 Å². The standard InChI is InChI=1S/C39H23N3O2/c1-3-10-24(11-4-1)37-40-38(25-12-5-2-6-13-25)42-39(41-37)27-19-21-35-32(23-27)30-16-9-15-28(36(30)44-35)26-18-20-34-31(22-26)29-14-7-8-17-33(29)43-34/h1-23H. The second kappa shape index (κ2) is 9.75. The molecule has 0 bridgehead atoms. The first-order valence-corrected chi connectivity index (χ1v) is 14.5. The molecule has 0 aliphatic carbocycles. The van der Waals surface area contributed by atoms with E-state index in [9.17, 15) is 0 Å². The number of aromatic nitrogens is 3. The van der Waals surface area contributed by atoms with E-state index in [0.717, 1.165) is 71.7 Å². The Hall–Kier alpha value is -6.07. The van der Waals surface area contributed by atoms with E-state index in [4.69, 9.17) is 23.8 Å². The van der Waals surface area contributed by atoms with Gasteiger partial charge in [0.1, 0.15) is 22.3 Å². The Morgan fingerprint density at radius 2 is 0.864 bits per heavy atom. The van der Waals surface area contributed by atoms with E-state index in [1.54, 1.807) is 0 Å². The zero-order chi connectivity index (χ0) is 29.0. The van der Waals surface area contributed by atoms with E-state index in [1.165, 1.54) is 0 Å². The molecule has 0 unspecified atom stereocenters. The normalized spacial score (nSPS) is 11.6. The van der Waals surface area contributed by atoms with Gasteiger partial charge in [0, 0.05) is 43.8 Å². The van der Waals surface area contributed by atoms with Crippen molar-refractivity contribution < 1.29 is 8.83 Å². The van der Waals surface area contributed by atoms with Crippen LogP contribution in [-0.4, -0.2) is 15.0 Å². The largest absolute Gasteiger partial charge is 0.456 e. The molecule has 0 N–H and O–H groups in total. The fourth-order valence-corrected chi connectivity index (χ4v) is 6.00. The van der Waals surface area contributed by atoms with Gasteiger partial charge in [-0.3, -0.25) is 0 Å². The quantitative estimate of drug-likeness (QED) is 0.212. The Morgan fingerprint density at radius 1 is 0.341 bits per heavy atom. The fourth-order valence-electron chi connectivity index (χ4n) is 6.00. The number of rotatable bonds is 4. The molecule has 3 aromatic heterocycles. The number of fused-ring (bicyclic) bond motifs is 6. The van der Waals surface area contributed by atoms with E-state index in [1.807, 2.05) is 97.1 Å². The molecule has 6 aromatic carbocycles. The summed E-state index contributed by atoms with van der Waals surface area (Å²) >= 11 is 0. The van der Waals surface area contributed by atoms with E-state index in [0.29, 0.717) is 17.5 Å². The van der Waals surface area contributed by atoms with Crippen molar-refractivity contribution >= 4 is 43.9 Å². The molecule has 5 nitrogen and oxygen atoms in total. The monoisotopic (exact) mass is 565 g/mol. The van der Waals surface area contributed by atoms with E-state index < -0.39 is 0 Å². The highest BCUT2D eigenvalue weighted by Crippen LogP contribution is 2.39. The summed E-state index contributed by atoms with van der Waals surface area (Å²) in [5.74, 6) is 1.88. The Balaban J connectivity index is 1.21. The summed E-state index contributed by atoms with van der Waals surface area (Å²) < 4.78 is 12.6. The lowest BCUT2D eigenvalue weighted by atomic mass is 10.00. The van der Waals surface area contributed by atoms with Crippen LogP contribution in [0.4, 0.5) is 0 Å². The second-order valence-corrected chi connectivity index (χ2v) is 10.8. The summed E-state index contributed by atoms with van der Waals surface area (Å²) in [6.07, 6.45) is 0. The number of benzene rings is 6. The summed E-state index contributed by atoms with van der Waals surface area (Å²) in [7, 11) is 0. The molecular formula is C39H23N3O2. The third-order valence-electron chi connectivity index (χ3n) is 8.14. The van der Waals surface area contributed by atoms with Crippen molar-refractivity contribution in [3.05, 3.63) is 140 Å². The van der Waals surface area contributed by atoms with Crippen LogP contribution in [-0.2, 0) is 0 Å². The maximum atomic E-state index is 6.52. The van der Waals surface area contributed by atoms with Gasteiger partial charge in [-0.15, -0.1) is 0 Å². The first-order valence-electron chi connectivity index (χ1n) is 14.5. The number of furan rings is 2. The molecule has 44 heavy (non-hydrogen) atoms. The van der Waals surface area contributed by atoms with Gasteiger partial charge in [0.15, 0.2) is 17.5 Å². The van der Waals surface area contributed by atoms with Crippen molar-refractivity contribution in [2.75, 3.05) is 0 Å². The molecule has 9 aromatic rings. The van der Waals surface area contributed by atoms with Crippen LogP contribution >= 0.6 is 0 Å². The molecule has 0 aliphatic rings. The summed E-state index contributed by atoms with van der Waals surface area (Å²) in [6.45, 7) is 0. The molecule has 0 saturated heterocycles. The molecule has 0 spiro atoms. The second-order valence-electron chi connectivity index (χ2n) is 10.8. The molecule has 0 saturated carbocycles. The molecule has 0 aliphatic heterocycles. The topological polar surface area (TPSA) is 65.0 Å². The van der Waals surface area contributed by atoms with Crippen molar-refractivity contribution in [1.82, 2.24) is 15.0 Å². The summed E-state index contributed by atoms with van der Waals surface area (Å²) in [5.41, 5.74) is 8.30. The molecule has 0 amide bonds. The zero-order valence-electron chi connectivity index (χ0n) is 23.4. The predicted octanol–water partition coefficient (Wildman–Crippen LogP) is 10.3. The third kappa shape index (κ3) is 3.98. The van der Waals surface area contributed by atoms with Gasteiger partial charge in [-0.1, -0.05) is 103 Å². The van der Waals surface area contributed by atoms with Gasteiger partial charge < -0.3 is 8.83 Å². The molecule has 206 valence electrons. The summed E-state index contributed by atoms with van der Waals surface area (Å²) in [5, 5.41) is 4.24. The van der Waals surface area contributed by atoms with Crippen molar-refractivity contribution in [3.8, 4) is 45.3 Å². The SMILES string of the molecule is c1ccc(-c2nc(-c3ccccc3)nc(-c3ccc4oc5c(-c6ccc7oc8ccccc8c7c6)cccc5c4c3)n2)cc1. The highest BCUT2D eigenvalue weighted by atomic mass is 16.3. The van der Waals surface area contributed by atoms with Crippen molar-refractivity contribution in [3.63, 3.8) is 0 Å². The molecule has 0 atom stereocenters. The predicted molar refractivity (Wildman–Crippen MR) is 176 cm³/mol.